The topological polar surface area (TPSA) is 54.0 Å². The minimum Gasteiger partial charge on any atom is -0.497 e. The van der Waals surface area contributed by atoms with Crippen molar-refractivity contribution in [1.82, 2.24) is 0 Å². The molecule has 0 aliphatic heterocycles. The summed E-state index contributed by atoms with van der Waals surface area (Å²) in [6.45, 7) is 0. The first-order valence-electron chi connectivity index (χ1n) is 6.64. The first-order chi connectivity index (χ1) is 10.7. The van der Waals surface area contributed by atoms with Crippen LogP contribution in [-0.4, -0.2) is 34.2 Å². The van der Waals surface area contributed by atoms with E-state index in [1.165, 1.54) is 21.3 Å². The molecule has 5 heteroatoms. The molecule has 0 aromatic heterocycles. The maximum absolute atomic E-state index is 12.9. The van der Waals surface area contributed by atoms with Crippen LogP contribution in [0.3, 0.4) is 0 Å². The molecular formula is C17H18O5. The molecule has 2 aromatic carbocycles. The molecule has 116 valence electrons. The number of hydrogen-bond donors (Lipinski definition) is 0. The van der Waals surface area contributed by atoms with Crippen LogP contribution in [0.2, 0.25) is 0 Å². The van der Waals surface area contributed by atoms with Crippen LogP contribution in [0, 0.1) is 0 Å². The molecule has 0 heterocycles. The summed E-state index contributed by atoms with van der Waals surface area (Å²) in [6.07, 6.45) is 0. The van der Waals surface area contributed by atoms with E-state index in [0.717, 1.165) is 0 Å². The molecule has 0 unspecified atom stereocenters. The highest BCUT2D eigenvalue weighted by atomic mass is 16.5. The number of ether oxygens (including phenoxy) is 4. The average molecular weight is 302 g/mol. The third-order valence-electron chi connectivity index (χ3n) is 3.30. The van der Waals surface area contributed by atoms with Gasteiger partial charge in [0.05, 0.1) is 39.6 Å². The second-order valence-electron chi connectivity index (χ2n) is 4.44. The number of rotatable bonds is 6. The van der Waals surface area contributed by atoms with Gasteiger partial charge in [0.2, 0.25) is 5.78 Å². The van der Waals surface area contributed by atoms with E-state index in [2.05, 4.69) is 0 Å². The highest BCUT2D eigenvalue weighted by Crippen LogP contribution is 2.34. The summed E-state index contributed by atoms with van der Waals surface area (Å²) in [5.74, 6) is 1.70. The van der Waals surface area contributed by atoms with Crippen molar-refractivity contribution in [1.29, 1.82) is 0 Å². The average Bonchev–Trinajstić information content (AvgIpc) is 2.59. The first kappa shape index (κ1) is 15.7. The van der Waals surface area contributed by atoms with Crippen LogP contribution in [0.15, 0.2) is 36.4 Å². The van der Waals surface area contributed by atoms with Gasteiger partial charge in [0, 0.05) is 0 Å². The predicted molar refractivity (Wildman–Crippen MR) is 82.5 cm³/mol. The molecule has 0 N–H and O–H groups in total. The summed E-state index contributed by atoms with van der Waals surface area (Å²) in [7, 11) is 6.08. The van der Waals surface area contributed by atoms with E-state index in [4.69, 9.17) is 18.9 Å². The molecule has 0 bridgehead atoms. The molecular weight excluding hydrogens is 284 g/mol. The van der Waals surface area contributed by atoms with Crippen molar-refractivity contribution in [2.24, 2.45) is 0 Å². The zero-order valence-electron chi connectivity index (χ0n) is 13.0. The Balaban J connectivity index is 2.57. The van der Waals surface area contributed by atoms with Crippen LogP contribution in [0.25, 0.3) is 0 Å². The summed E-state index contributed by atoms with van der Waals surface area (Å²) >= 11 is 0. The van der Waals surface area contributed by atoms with E-state index in [-0.39, 0.29) is 5.78 Å². The monoisotopic (exact) mass is 302 g/mol. The van der Waals surface area contributed by atoms with Crippen LogP contribution in [-0.2, 0) is 0 Å². The Morgan fingerprint density at radius 2 is 1.50 bits per heavy atom. The first-order valence-corrected chi connectivity index (χ1v) is 6.64. The molecule has 2 aromatic rings. The number of hydrogen-bond acceptors (Lipinski definition) is 5. The minimum atomic E-state index is -0.230. The Morgan fingerprint density at radius 3 is 2.09 bits per heavy atom. The second kappa shape index (κ2) is 6.85. The molecule has 0 spiro atoms. The number of carbonyl (C=O) groups is 1. The van der Waals surface area contributed by atoms with Gasteiger partial charge < -0.3 is 18.9 Å². The molecule has 0 radical (unpaired) electrons. The van der Waals surface area contributed by atoms with Gasteiger partial charge in [-0.25, -0.2) is 0 Å². The van der Waals surface area contributed by atoms with Gasteiger partial charge >= 0.3 is 0 Å². The highest BCUT2D eigenvalue weighted by Gasteiger charge is 2.21. The third-order valence-corrected chi connectivity index (χ3v) is 3.30. The zero-order valence-corrected chi connectivity index (χ0v) is 13.0. The maximum Gasteiger partial charge on any atom is 0.200 e. The SMILES string of the molecule is COc1ccc(OC)c(C(=O)c2cccc(OC)c2OC)c1. The molecule has 0 amide bonds. The van der Waals surface area contributed by atoms with E-state index in [0.29, 0.717) is 34.1 Å². The summed E-state index contributed by atoms with van der Waals surface area (Å²) in [4.78, 5) is 12.9. The zero-order chi connectivity index (χ0) is 16.1. The van der Waals surface area contributed by atoms with E-state index in [1.54, 1.807) is 43.5 Å². The molecule has 5 nitrogen and oxygen atoms in total. The lowest BCUT2D eigenvalue weighted by atomic mass is 10.0. The van der Waals surface area contributed by atoms with Gasteiger partial charge in [0.1, 0.15) is 11.5 Å². The highest BCUT2D eigenvalue weighted by molar-refractivity contribution is 6.13. The Labute approximate surface area is 129 Å². The molecule has 0 aliphatic carbocycles. The smallest absolute Gasteiger partial charge is 0.200 e. The fourth-order valence-corrected chi connectivity index (χ4v) is 2.20. The Morgan fingerprint density at radius 1 is 0.773 bits per heavy atom. The van der Waals surface area contributed by atoms with E-state index in [1.807, 2.05) is 0 Å². The van der Waals surface area contributed by atoms with Crippen molar-refractivity contribution in [3.8, 4) is 23.0 Å². The van der Waals surface area contributed by atoms with Crippen LogP contribution in [0.1, 0.15) is 15.9 Å². The second-order valence-corrected chi connectivity index (χ2v) is 4.44. The molecule has 0 fully saturated rings. The number of ketones is 1. The van der Waals surface area contributed by atoms with Crippen molar-refractivity contribution in [3.05, 3.63) is 47.5 Å². The van der Waals surface area contributed by atoms with Crippen LogP contribution in [0.4, 0.5) is 0 Å². The fraction of sp³-hybridized carbons (Fsp3) is 0.235. The van der Waals surface area contributed by atoms with Gasteiger partial charge in [-0.3, -0.25) is 4.79 Å². The number of para-hydroxylation sites is 1. The fourth-order valence-electron chi connectivity index (χ4n) is 2.20. The Kier molecular flexibility index (Phi) is 4.88. The van der Waals surface area contributed by atoms with E-state index < -0.39 is 0 Å². The predicted octanol–water partition coefficient (Wildman–Crippen LogP) is 2.95. The lowest BCUT2D eigenvalue weighted by Crippen LogP contribution is -2.07. The summed E-state index contributed by atoms with van der Waals surface area (Å²) in [5, 5.41) is 0. The normalized spacial score (nSPS) is 10.0. The van der Waals surface area contributed by atoms with Crippen molar-refractivity contribution < 1.29 is 23.7 Å². The number of benzene rings is 2. The van der Waals surface area contributed by atoms with Gasteiger partial charge in [-0.1, -0.05) is 6.07 Å². The van der Waals surface area contributed by atoms with Crippen molar-refractivity contribution in [2.45, 2.75) is 0 Å². The van der Waals surface area contributed by atoms with Crippen molar-refractivity contribution in [2.75, 3.05) is 28.4 Å². The van der Waals surface area contributed by atoms with Gasteiger partial charge in [0.25, 0.3) is 0 Å². The lowest BCUT2D eigenvalue weighted by Gasteiger charge is -2.14. The summed E-state index contributed by atoms with van der Waals surface area (Å²) in [5.41, 5.74) is 0.793. The van der Waals surface area contributed by atoms with E-state index in [9.17, 15) is 4.79 Å². The molecule has 0 saturated heterocycles. The quantitative estimate of drug-likeness (QED) is 0.768. The molecule has 0 atom stereocenters. The number of carbonyl (C=O) groups excluding carboxylic acids is 1. The van der Waals surface area contributed by atoms with Gasteiger partial charge in [-0.15, -0.1) is 0 Å². The summed E-state index contributed by atoms with van der Waals surface area (Å²) < 4.78 is 21.0. The van der Waals surface area contributed by atoms with Crippen molar-refractivity contribution >= 4 is 5.78 Å². The minimum absolute atomic E-state index is 0.230. The largest absolute Gasteiger partial charge is 0.497 e. The molecule has 22 heavy (non-hydrogen) atoms. The van der Waals surface area contributed by atoms with Crippen LogP contribution >= 0.6 is 0 Å². The molecule has 0 aliphatic rings. The standard InChI is InChI=1S/C17H18O5/c1-19-11-8-9-14(20-2)13(10-11)16(18)12-6-5-7-15(21-3)17(12)22-4/h5-10H,1-4H3. The van der Waals surface area contributed by atoms with Crippen LogP contribution < -0.4 is 18.9 Å². The van der Waals surface area contributed by atoms with Crippen LogP contribution in [0.5, 0.6) is 23.0 Å². The lowest BCUT2D eigenvalue weighted by molar-refractivity contribution is 0.103. The van der Waals surface area contributed by atoms with Gasteiger partial charge in [-0.05, 0) is 30.3 Å². The summed E-state index contributed by atoms with van der Waals surface area (Å²) in [6, 6.07) is 10.2. The maximum atomic E-state index is 12.9. The van der Waals surface area contributed by atoms with Gasteiger partial charge in [0.15, 0.2) is 11.5 Å². The molecule has 2 rings (SSSR count). The number of methoxy groups -OCH3 is 4. The molecule has 0 saturated carbocycles. The Hall–Kier alpha value is -2.69. The third kappa shape index (κ3) is 2.83. The van der Waals surface area contributed by atoms with E-state index >= 15 is 0 Å². The Bertz CT molecular complexity index is 675. The van der Waals surface area contributed by atoms with Gasteiger partial charge in [-0.2, -0.15) is 0 Å². The van der Waals surface area contributed by atoms with Crippen molar-refractivity contribution in [3.63, 3.8) is 0 Å².